The van der Waals surface area contributed by atoms with Gasteiger partial charge in [-0.25, -0.2) is 4.39 Å². The van der Waals surface area contributed by atoms with Crippen molar-refractivity contribution in [2.45, 2.75) is 11.8 Å². The number of alkyl halides is 1. The standard InChI is InChI=1S/C15H12Br2ClFO/c1-2-20-14-6-3-9(16)7-12(14)15(17)11-5-4-10(19)8-13(11)18/h3-8,15H,2H2,1H3. The maximum Gasteiger partial charge on any atom is 0.124 e. The van der Waals surface area contributed by atoms with Crippen LogP contribution >= 0.6 is 43.5 Å². The van der Waals surface area contributed by atoms with Gasteiger partial charge in [0.05, 0.1) is 11.4 Å². The number of halogens is 4. The van der Waals surface area contributed by atoms with Crippen molar-refractivity contribution >= 4 is 43.5 Å². The summed E-state index contributed by atoms with van der Waals surface area (Å²) in [7, 11) is 0. The van der Waals surface area contributed by atoms with Gasteiger partial charge in [-0.05, 0) is 42.8 Å². The average Bonchev–Trinajstić information content (AvgIpc) is 2.40. The minimum Gasteiger partial charge on any atom is -0.494 e. The predicted octanol–water partition coefficient (Wildman–Crippen LogP) is 6.12. The Kier molecular flexibility index (Phi) is 5.47. The van der Waals surface area contributed by atoms with Crippen molar-refractivity contribution < 1.29 is 9.13 Å². The molecule has 5 heteroatoms. The van der Waals surface area contributed by atoms with Gasteiger partial charge in [0.25, 0.3) is 0 Å². The number of benzene rings is 2. The topological polar surface area (TPSA) is 9.23 Å². The smallest absolute Gasteiger partial charge is 0.124 e. The van der Waals surface area contributed by atoms with Gasteiger partial charge < -0.3 is 4.74 Å². The molecule has 1 unspecified atom stereocenters. The van der Waals surface area contributed by atoms with Gasteiger partial charge in [-0.3, -0.25) is 0 Å². The van der Waals surface area contributed by atoms with E-state index in [4.69, 9.17) is 16.3 Å². The quantitative estimate of drug-likeness (QED) is 0.539. The van der Waals surface area contributed by atoms with Crippen molar-refractivity contribution in [1.29, 1.82) is 0 Å². The summed E-state index contributed by atoms with van der Waals surface area (Å²) in [4.78, 5) is -0.172. The number of hydrogen-bond donors (Lipinski definition) is 0. The van der Waals surface area contributed by atoms with E-state index in [0.29, 0.717) is 11.6 Å². The normalized spacial score (nSPS) is 12.2. The van der Waals surface area contributed by atoms with Gasteiger partial charge in [-0.2, -0.15) is 0 Å². The third kappa shape index (κ3) is 3.54. The first-order chi connectivity index (χ1) is 9.52. The Morgan fingerprint density at radius 2 is 1.95 bits per heavy atom. The maximum absolute atomic E-state index is 13.1. The van der Waals surface area contributed by atoms with E-state index in [0.717, 1.165) is 21.3 Å². The van der Waals surface area contributed by atoms with E-state index in [1.54, 1.807) is 6.07 Å². The van der Waals surface area contributed by atoms with Crippen LogP contribution in [0, 0.1) is 5.82 Å². The average molecular weight is 423 g/mol. The van der Waals surface area contributed by atoms with Gasteiger partial charge in [-0.15, -0.1) is 0 Å². The van der Waals surface area contributed by atoms with E-state index in [2.05, 4.69) is 31.9 Å². The van der Waals surface area contributed by atoms with E-state index in [9.17, 15) is 4.39 Å². The van der Waals surface area contributed by atoms with E-state index >= 15 is 0 Å². The highest BCUT2D eigenvalue weighted by molar-refractivity contribution is 9.10. The zero-order valence-corrected chi connectivity index (χ0v) is 14.6. The molecule has 0 aromatic heterocycles. The van der Waals surface area contributed by atoms with Crippen molar-refractivity contribution in [2.75, 3.05) is 6.61 Å². The highest BCUT2D eigenvalue weighted by Gasteiger charge is 2.18. The maximum atomic E-state index is 13.1. The second-order valence-electron chi connectivity index (χ2n) is 4.14. The minimum atomic E-state index is -0.349. The Bertz CT molecular complexity index is 619. The predicted molar refractivity (Wildman–Crippen MR) is 87.5 cm³/mol. The van der Waals surface area contributed by atoms with Crippen LogP contribution in [-0.2, 0) is 0 Å². The van der Waals surface area contributed by atoms with Gasteiger partial charge >= 0.3 is 0 Å². The van der Waals surface area contributed by atoms with Crippen LogP contribution in [0.5, 0.6) is 5.75 Å². The fourth-order valence-corrected chi connectivity index (χ4v) is 3.42. The highest BCUT2D eigenvalue weighted by Crippen LogP contribution is 2.40. The first-order valence-electron chi connectivity index (χ1n) is 6.04. The molecular formula is C15H12Br2ClFO. The van der Waals surface area contributed by atoms with Crippen LogP contribution in [0.4, 0.5) is 4.39 Å². The summed E-state index contributed by atoms with van der Waals surface area (Å²) in [6.45, 7) is 2.51. The summed E-state index contributed by atoms with van der Waals surface area (Å²) >= 11 is 13.2. The number of ether oxygens (including phenoxy) is 1. The summed E-state index contributed by atoms with van der Waals surface area (Å²) in [5.41, 5.74) is 1.74. The molecule has 106 valence electrons. The Balaban J connectivity index is 2.46. The number of rotatable bonds is 4. The first kappa shape index (κ1) is 15.8. The van der Waals surface area contributed by atoms with Crippen molar-refractivity contribution in [3.05, 3.63) is 62.8 Å². The fraction of sp³-hybridized carbons (Fsp3) is 0.200. The molecule has 2 rings (SSSR count). The third-order valence-electron chi connectivity index (χ3n) is 2.78. The van der Waals surface area contributed by atoms with E-state index in [-0.39, 0.29) is 10.6 Å². The molecule has 0 aliphatic rings. The summed E-state index contributed by atoms with van der Waals surface area (Å²) in [6.07, 6.45) is 0. The van der Waals surface area contributed by atoms with Crippen molar-refractivity contribution in [1.82, 2.24) is 0 Å². The lowest BCUT2D eigenvalue weighted by molar-refractivity contribution is 0.337. The monoisotopic (exact) mass is 420 g/mol. The van der Waals surface area contributed by atoms with Crippen molar-refractivity contribution in [3.63, 3.8) is 0 Å². The molecular weight excluding hydrogens is 410 g/mol. The van der Waals surface area contributed by atoms with E-state index in [1.165, 1.54) is 12.1 Å². The zero-order chi connectivity index (χ0) is 14.7. The summed E-state index contributed by atoms with van der Waals surface area (Å²) in [5, 5.41) is 0.384. The molecule has 2 aromatic carbocycles. The summed E-state index contributed by atoms with van der Waals surface area (Å²) < 4.78 is 19.7. The molecule has 0 radical (unpaired) electrons. The SMILES string of the molecule is CCOc1ccc(Br)cc1C(Br)c1ccc(F)cc1Cl. The molecule has 2 aromatic rings. The molecule has 1 atom stereocenters. The molecule has 0 amide bonds. The fourth-order valence-electron chi connectivity index (χ4n) is 1.88. The van der Waals surface area contributed by atoms with Gasteiger partial charge in [0, 0.05) is 15.1 Å². The molecule has 0 heterocycles. The lowest BCUT2D eigenvalue weighted by Crippen LogP contribution is -2.01. The third-order valence-corrected chi connectivity index (χ3v) is 4.59. The van der Waals surface area contributed by atoms with Gasteiger partial charge in [-0.1, -0.05) is 49.5 Å². The molecule has 20 heavy (non-hydrogen) atoms. The Hall–Kier alpha value is -0.580. The molecule has 0 bridgehead atoms. The Morgan fingerprint density at radius 1 is 1.20 bits per heavy atom. The lowest BCUT2D eigenvalue weighted by atomic mass is 10.0. The summed E-state index contributed by atoms with van der Waals surface area (Å²) in [5.74, 6) is 0.427. The van der Waals surface area contributed by atoms with Gasteiger partial charge in [0.15, 0.2) is 0 Å². The second-order valence-corrected chi connectivity index (χ2v) is 6.38. The van der Waals surface area contributed by atoms with Crippen LogP contribution in [0.15, 0.2) is 40.9 Å². The van der Waals surface area contributed by atoms with Crippen molar-refractivity contribution in [2.24, 2.45) is 0 Å². The lowest BCUT2D eigenvalue weighted by Gasteiger charge is -2.17. The van der Waals surface area contributed by atoms with Crippen LogP contribution in [0.1, 0.15) is 22.9 Å². The molecule has 0 fully saturated rings. The van der Waals surface area contributed by atoms with Crippen molar-refractivity contribution in [3.8, 4) is 5.75 Å². The molecule has 0 spiro atoms. The van der Waals surface area contributed by atoms with E-state index < -0.39 is 0 Å². The molecule has 0 aliphatic carbocycles. The first-order valence-corrected chi connectivity index (χ1v) is 8.13. The Morgan fingerprint density at radius 3 is 2.60 bits per heavy atom. The number of hydrogen-bond acceptors (Lipinski definition) is 1. The van der Waals surface area contributed by atoms with Crippen LogP contribution in [0.25, 0.3) is 0 Å². The van der Waals surface area contributed by atoms with Crippen LogP contribution in [0.2, 0.25) is 5.02 Å². The van der Waals surface area contributed by atoms with Gasteiger partial charge in [0.1, 0.15) is 11.6 Å². The summed E-state index contributed by atoms with van der Waals surface area (Å²) in [6, 6.07) is 10.2. The van der Waals surface area contributed by atoms with E-state index in [1.807, 2.05) is 25.1 Å². The minimum absolute atomic E-state index is 0.172. The van der Waals surface area contributed by atoms with Crippen LogP contribution < -0.4 is 4.74 Å². The van der Waals surface area contributed by atoms with Crippen LogP contribution in [0.3, 0.4) is 0 Å². The Labute approximate surface area is 139 Å². The molecule has 0 saturated carbocycles. The molecule has 0 aliphatic heterocycles. The second kappa shape index (κ2) is 6.92. The molecule has 1 nitrogen and oxygen atoms in total. The highest BCUT2D eigenvalue weighted by atomic mass is 79.9. The zero-order valence-electron chi connectivity index (χ0n) is 10.7. The van der Waals surface area contributed by atoms with Crippen LogP contribution in [-0.4, -0.2) is 6.61 Å². The molecule has 0 saturated heterocycles. The molecule has 0 N–H and O–H groups in total. The van der Waals surface area contributed by atoms with Gasteiger partial charge in [0.2, 0.25) is 0 Å². The largest absolute Gasteiger partial charge is 0.494 e.